The maximum atomic E-state index is 3.77. The van der Waals surface area contributed by atoms with Crippen LogP contribution in [-0.4, -0.2) is 0 Å². The highest BCUT2D eigenvalue weighted by molar-refractivity contribution is 9.10. The summed E-state index contributed by atoms with van der Waals surface area (Å²) < 4.78 is 2.42. The molecule has 3 rings (SSSR count). The highest BCUT2D eigenvalue weighted by Gasteiger charge is 2.42. The molecule has 2 aromatic carbocycles. The molecule has 2 heteroatoms. The zero-order valence-corrected chi connectivity index (χ0v) is 21.4. The summed E-state index contributed by atoms with van der Waals surface area (Å²) >= 11 is 7.54. The SMILES string of the molecule is CCCCCCCC1(CCCCCCC)c2cc(Br)ccc2-c2ccc(Br)cc21. The van der Waals surface area contributed by atoms with Crippen LogP contribution in [0.4, 0.5) is 0 Å². The summed E-state index contributed by atoms with van der Waals surface area (Å²) in [6, 6.07) is 13.9. The topological polar surface area (TPSA) is 0 Å². The second-order valence-electron chi connectivity index (χ2n) is 8.79. The number of fused-ring (bicyclic) bond motifs is 3. The van der Waals surface area contributed by atoms with Crippen LogP contribution in [0.1, 0.15) is 102 Å². The molecule has 0 aliphatic heterocycles. The number of hydrogen-bond donors (Lipinski definition) is 0. The van der Waals surface area contributed by atoms with Crippen LogP contribution in [0, 0.1) is 0 Å². The van der Waals surface area contributed by atoms with Crippen LogP contribution in [0.5, 0.6) is 0 Å². The van der Waals surface area contributed by atoms with Gasteiger partial charge < -0.3 is 0 Å². The quantitative estimate of drug-likeness (QED) is 0.244. The standard InChI is InChI=1S/C27H36Br2/c1-3-5-7-9-11-17-27(18-12-10-8-6-4-2)25-19-21(28)13-15-23(25)24-16-14-22(29)20-26(24)27/h13-16,19-20H,3-12,17-18H2,1-2H3. The van der Waals surface area contributed by atoms with Crippen molar-refractivity contribution >= 4 is 31.9 Å². The molecule has 0 saturated carbocycles. The van der Waals surface area contributed by atoms with Crippen LogP contribution in [0.3, 0.4) is 0 Å². The van der Waals surface area contributed by atoms with E-state index in [1.165, 1.54) is 97.1 Å². The van der Waals surface area contributed by atoms with Gasteiger partial charge in [-0.3, -0.25) is 0 Å². The zero-order valence-electron chi connectivity index (χ0n) is 18.2. The van der Waals surface area contributed by atoms with Crippen LogP contribution in [0.2, 0.25) is 0 Å². The third-order valence-corrected chi connectivity index (χ3v) is 7.69. The van der Waals surface area contributed by atoms with Crippen molar-refractivity contribution < 1.29 is 0 Å². The van der Waals surface area contributed by atoms with Crippen molar-refractivity contribution in [2.24, 2.45) is 0 Å². The molecule has 1 aliphatic carbocycles. The van der Waals surface area contributed by atoms with E-state index in [0.29, 0.717) is 0 Å². The van der Waals surface area contributed by atoms with Crippen molar-refractivity contribution in [3.8, 4) is 11.1 Å². The summed E-state index contributed by atoms with van der Waals surface area (Å²) in [7, 11) is 0. The van der Waals surface area contributed by atoms with Crippen molar-refractivity contribution in [3.05, 3.63) is 56.5 Å². The van der Waals surface area contributed by atoms with Gasteiger partial charge in [0.05, 0.1) is 0 Å². The molecule has 2 aromatic rings. The maximum absolute atomic E-state index is 3.77. The molecule has 0 nitrogen and oxygen atoms in total. The lowest BCUT2D eigenvalue weighted by Crippen LogP contribution is -2.25. The van der Waals surface area contributed by atoms with E-state index < -0.39 is 0 Å². The number of hydrogen-bond acceptors (Lipinski definition) is 0. The Morgan fingerprint density at radius 3 is 1.41 bits per heavy atom. The summed E-state index contributed by atoms with van der Waals surface area (Å²) in [4.78, 5) is 0. The fourth-order valence-electron chi connectivity index (χ4n) is 5.16. The van der Waals surface area contributed by atoms with E-state index in [4.69, 9.17) is 0 Å². The molecule has 0 bridgehead atoms. The van der Waals surface area contributed by atoms with Gasteiger partial charge in [-0.2, -0.15) is 0 Å². The molecule has 158 valence electrons. The first-order chi connectivity index (χ1) is 14.1. The van der Waals surface area contributed by atoms with Gasteiger partial charge in [0.25, 0.3) is 0 Å². The van der Waals surface area contributed by atoms with Gasteiger partial charge in [0.1, 0.15) is 0 Å². The third-order valence-electron chi connectivity index (χ3n) is 6.70. The first-order valence-corrected chi connectivity index (χ1v) is 13.3. The molecule has 29 heavy (non-hydrogen) atoms. The Bertz CT molecular complexity index is 726. The summed E-state index contributed by atoms with van der Waals surface area (Å²) in [5, 5.41) is 0. The number of rotatable bonds is 12. The highest BCUT2D eigenvalue weighted by Crippen LogP contribution is 2.55. The summed E-state index contributed by atoms with van der Waals surface area (Å²) in [5.74, 6) is 0. The van der Waals surface area contributed by atoms with Crippen molar-refractivity contribution in [1.82, 2.24) is 0 Å². The molecular formula is C27H36Br2. The van der Waals surface area contributed by atoms with Crippen LogP contribution >= 0.6 is 31.9 Å². The highest BCUT2D eigenvalue weighted by atomic mass is 79.9. The predicted octanol–water partition coefficient (Wildman–Crippen LogP) is 10.2. The van der Waals surface area contributed by atoms with E-state index in [-0.39, 0.29) is 5.41 Å². The first kappa shape index (κ1) is 23.1. The molecule has 0 unspecified atom stereocenters. The monoisotopic (exact) mass is 518 g/mol. The molecule has 0 atom stereocenters. The number of unbranched alkanes of at least 4 members (excludes halogenated alkanes) is 8. The Labute approximate surface area is 195 Å². The molecular weight excluding hydrogens is 484 g/mol. The minimum Gasteiger partial charge on any atom is -0.0654 e. The van der Waals surface area contributed by atoms with Gasteiger partial charge in [-0.05, 0) is 59.4 Å². The Kier molecular flexibility index (Phi) is 8.86. The Balaban J connectivity index is 1.93. The lowest BCUT2D eigenvalue weighted by atomic mass is 9.70. The molecule has 0 N–H and O–H groups in total. The summed E-state index contributed by atoms with van der Waals surface area (Å²) in [6.45, 7) is 4.60. The molecule has 0 fully saturated rings. The largest absolute Gasteiger partial charge is 0.0654 e. The predicted molar refractivity (Wildman–Crippen MR) is 135 cm³/mol. The van der Waals surface area contributed by atoms with Crippen LogP contribution in [-0.2, 0) is 5.41 Å². The van der Waals surface area contributed by atoms with E-state index in [0.717, 1.165) is 0 Å². The van der Waals surface area contributed by atoms with Crippen molar-refractivity contribution in [2.75, 3.05) is 0 Å². The van der Waals surface area contributed by atoms with Crippen molar-refractivity contribution in [3.63, 3.8) is 0 Å². The molecule has 0 heterocycles. The van der Waals surface area contributed by atoms with Gasteiger partial charge in [-0.15, -0.1) is 0 Å². The fraction of sp³-hybridized carbons (Fsp3) is 0.556. The lowest BCUT2D eigenvalue weighted by Gasteiger charge is -2.33. The van der Waals surface area contributed by atoms with Crippen molar-refractivity contribution in [1.29, 1.82) is 0 Å². The fourth-order valence-corrected chi connectivity index (χ4v) is 5.89. The summed E-state index contributed by atoms with van der Waals surface area (Å²) in [6.07, 6.45) is 16.0. The second-order valence-corrected chi connectivity index (χ2v) is 10.6. The van der Waals surface area contributed by atoms with E-state index in [9.17, 15) is 0 Å². The zero-order chi connectivity index (χ0) is 20.7. The third kappa shape index (κ3) is 5.37. The number of halogens is 2. The van der Waals surface area contributed by atoms with E-state index in [1.807, 2.05) is 0 Å². The molecule has 1 aliphatic rings. The van der Waals surface area contributed by atoms with Crippen LogP contribution < -0.4 is 0 Å². The molecule has 0 saturated heterocycles. The van der Waals surface area contributed by atoms with Gasteiger partial charge in [-0.25, -0.2) is 0 Å². The smallest absolute Gasteiger partial charge is 0.0216 e. The van der Waals surface area contributed by atoms with Gasteiger partial charge in [0.2, 0.25) is 0 Å². The lowest BCUT2D eigenvalue weighted by molar-refractivity contribution is 0.398. The maximum Gasteiger partial charge on any atom is 0.0216 e. The van der Waals surface area contributed by atoms with E-state index in [2.05, 4.69) is 82.1 Å². The van der Waals surface area contributed by atoms with E-state index >= 15 is 0 Å². The molecule has 0 spiro atoms. The second kappa shape index (κ2) is 11.1. The minimum absolute atomic E-state index is 0.177. The Hall–Kier alpha value is -0.600. The molecule has 0 radical (unpaired) electrons. The summed E-state index contributed by atoms with van der Waals surface area (Å²) in [5.41, 5.74) is 6.21. The van der Waals surface area contributed by atoms with Gasteiger partial charge in [0.15, 0.2) is 0 Å². The molecule has 0 aromatic heterocycles. The van der Waals surface area contributed by atoms with Gasteiger partial charge in [-0.1, -0.05) is 122 Å². The van der Waals surface area contributed by atoms with Crippen LogP contribution in [0.15, 0.2) is 45.3 Å². The van der Waals surface area contributed by atoms with Crippen molar-refractivity contribution in [2.45, 2.75) is 96.3 Å². The Morgan fingerprint density at radius 1 is 0.586 bits per heavy atom. The normalized spacial score (nSPS) is 14.1. The first-order valence-electron chi connectivity index (χ1n) is 11.7. The van der Waals surface area contributed by atoms with E-state index in [1.54, 1.807) is 11.1 Å². The average molecular weight is 520 g/mol. The molecule has 0 amide bonds. The van der Waals surface area contributed by atoms with Gasteiger partial charge >= 0.3 is 0 Å². The average Bonchev–Trinajstić information content (AvgIpc) is 2.96. The minimum atomic E-state index is 0.177. The van der Waals surface area contributed by atoms with Gasteiger partial charge in [0, 0.05) is 14.4 Å². The number of benzene rings is 2. The van der Waals surface area contributed by atoms with Crippen LogP contribution in [0.25, 0.3) is 11.1 Å². The Morgan fingerprint density at radius 2 is 1.00 bits per heavy atom.